The number of carbonyl (C=O) groups excluding carboxylic acids is 1. The van der Waals surface area contributed by atoms with Gasteiger partial charge in [-0.2, -0.15) is 0 Å². The number of alkyl halides is 1. The number of halogens is 2. The second-order valence-corrected chi connectivity index (χ2v) is 5.30. The average molecular weight is 288 g/mol. The van der Waals surface area contributed by atoms with Crippen LogP contribution in [0.4, 0.5) is 0 Å². The SMILES string of the molecule is CC(CCl)CCCNC(=O)Cc1cccc(Cl)c1. The van der Waals surface area contributed by atoms with E-state index in [0.717, 1.165) is 18.4 Å². The molecule has 0 aliphatic carbocycles. The van der Waals surface area contributed by atoms with E-state index >= 15 is 0 Å². The second kappa shape index (κ2) is 8.39. The second-order valence-electron chi connectivity index (χ2n) is 4.56. The fourth-order valence-corrected chi connectivity index (χ4v) is 2.02. The van der Waals surface area contributed by atoms with Crippen LogP contribution in [0.25, 0.3) is 0 Å². The molecule has 2 nitrogen and oxygen atoms in total. The van der Waals surface area contributed by atoms with Crippen LogP contribution in [0.15, 0.2) is 24.3 Å². The van der Waals surface area contributed by atoms with Crippen molar-refractivity contribution >= 4 is 29.1 Å². The lowest BCUT2D eigenvalue weighted by molar-refractivity contribution is -0.120. The van der Waals surface area contributed by atoms with Crippen LogP contribution in [0.3, 0.4) is 0 Å². The number of hydrogen-bond donors (Lipinski definition) is 1. The van der Waals surface area contributed by atoms with Crippen LogP contribution >= 0.6 is 23.2 Å². The summed E-state index contributed by atoms with van der Waals surface area (Å²) in [4.78, 5) is 11.7. The highest BCUT2D eigenvalue weighted by molar-refractivity contribution is 6.30. The molecule has 1 N–H and O–H groups in total. The standard InChI is InChI=1S/C14H19Cl2NO/c1-11(10-15)4-3-7-17-14(18)9-12-5-2-6-13(16)8-12/h2,5-6,8,11H,3-4,7,9-10H2,1H3,(H,17,18). The molecule has 100 valence electrons. The first-order valence-corrected chi connectivity index (χ1v) is 7.10. The minimum absolute atomic E-state index is 0.0378. The van der Waals surface area contributed by atoms with Gasteiger partial charge in [0.15, 0.2) is 0 Å². The van der Waals surface area contributed by atoms with Gasteiger partial charge < -0.3 is 5.32 Å². The van der Waals surface area contributed by atoms with Gasteiger partial charge in [-0.15, -0.1) is 11.6 Å². The first kappa shape index (κ1) is 15.3. The monoisotopic (exact) mass is 287 g/mol. The number of rotatable bonds is 7. The Labute approximate surface area is 119 Å². The Hall–Kier alpha value is -0.730. The third-order valence-corrected chi connectivity index (χ3v) is 3.47. The van der Waals surface area contributed by atoms with Crippen LogP contribution in [0.1, 0.15) is 25.3 Å². The number of amides is 1. The van der Waals surface area contributed by atoms with Crippen molar-refractivity contribution in [2.75, 3.05) is 12.4 Å². The molecule has 0 heterocycles. The molecule has 0 spiro atoms. The van der Waals surface area contributed by atoms with E-state index in [-0.39, 0.29) is 5.91 Å². The maximum Gasteiger partial charge on any atom is 0.224 e. The summed E-state index contributed by atoms with van der Waals surface area (Å²) in [6, 6.07) is 7.38. The molecule has 1 unspecified atom stereocenters. The van der Waals surface area contributed by atoms with E-state index in [2.05, 4.69) is 12.2 Å². The molecular weight excluding hydrogens is 269 g/mol. The largest absolute Gasteiger partial charge is 0.356 e. The predicted molar refractivity (Wildman–Crippen MR) is 77.3 cm³/mol. The molecule has 1 rings (SSSR count). The van der Waals surface area contributed by atoms with Gasteiger partial charge in [-0.25, -0.2) is 0 Å². The molecule has 4 heteroatoms. The van der Waals surface area contributed by atoms with Gasteiger partial charge in [0.2, 0.25) is 5.91 Å². The predicted octanol–water partition coefficient (Wildman–Crippen LogP) is 3.65. The van der Waals surface area contributed by atoms with Gasteiger partial charge in [0, 0.05) is 17.4 Å². The maximum absolute atomic E-state index is 11.7. The Kier molecular flexibility index (Phi) is 7.14. The van der Waals surface area contributed by atoms with Crippen LogP contribution in [-0.4, -0.2) is 18.3 Å². The van der Waals surface area contributed by atoms with Gasteiger partial charge in [-0.05, 0) is 36.5 Å². The normalized spacial score (nSPS) is 12.2. The third-order valence-electron chi connectivity index (χ3n) is 2.71. The highest BCUT2D eigenvalue weighted by Crippen LogP contribution is 2.11. The van der Waals surface area contributed by atoms with Crippen molar-refractivity contribution in [1.29, 1.82) is 0 Å². The van der Waals surface area contributed by atoms with E-state index < -0.39 is 0 Å². The molecule has 1 atom stereocenters. The Bertz CT molecular complexity index is 382. The maximum atomic E-state index is 11.7. The summed E-state index contributed by atoms with van der Waals surface area (Å²) in [6.07, 6.45) is 2.39. The molecule has 1 aromatic carbocycles. The molecule has 0 radical (unpaired) electrons. The molecule has 0 fully saturated rings. The van der Waals surface area contributed by atoms with E-state index in [4.69, 9.17) is 23.2 Å². The van der Waals surface area contributed by atoms with E-state index in [0.29, 0.717) is 29.8 Å². The molecule has 1 aromatic rings. The van der Waals surface area contributed by atoms with E-state index in [9.17, 15) is 4.79 Å². The highest BCUT2D eigenvalue weighted by atomic mass is 35.5. The summed E-state index contributed by atoms with van der Waals surface area (Å²) >= 11 is 11.6. The molecule has 0 aromatic heterocycles. The number of benzene rings is 1. The van der Waals surface area contributed by atoms with Crippen molar-refractivity contribution in [1.82, 2.24) is 5.32 Å². The molecule has 18 heavy (non-hydrogen) atoms. The third kappa shape index (κ3) is 6.27. The van der Waals surface area contributed by atoms with Crippen molar-refractivity contribution in [3.63, 3.8) is 0 Å². The summed E-state index contributed by atoms with van der Waals surface area (Å²) < 4.78 is 0. The lowest BCUT2D eigenvalue weighted by Gasteiger charge is -2.08. The van der Waals surface area contributed by atoms with Crippen LogP contribution in [0, 0.1) is 5.92 Å². The molecule has 0 saturated heterocycles. The summed E-state index contributed by atoms with van der Waals surface area (Å²) in [5.41, 5.74) is 0.939. The number of hydrogen-bond acceptors (Lipinski definition) is 1. The van der Waals surface area contributed by atoms with Gasteiger partial charge in [0.1, 0.15) is 0 Å². The number of nitrogens with one attached hydrogen (secondary N) is 1. The van der Waals surface area contributed by atoms with Gasteiger partial charge >= 0.3 is 0 Å². The van der Waals surface area contributed by atoms with Gasteiger partial charge in [-0.1, -0.05) is 30.7 Å². The van der Waals surface area contributed by atoms with Crippen molar-refractivity contribution < 1.29 is 4.79 Å². The van der Waals surface area contributed by atoms with Gasteiger partial charge in [0.05, 0.1) is 6.42 Å². The first-order valence-electron chi connectivity index (χ1n) is 6.19. The Morgan fingerprint density at radius 2 is 2.22 bits per heavy atom. The number of carbonyl (C=O) groups is 1. The lowest BCUT2D eigenvalue weighted by atomic mass is 10.1. The molecule has 0 aliphatic heterocycles. The van der Waals surface area contributed by atoms with Crippen LogP contribution in [0.2, 0.25) is 5.02 Å². The van der Waals surface area contributed by atoms with Crippen molar-refractivity contribution in [2.24, 2.45) is 5.92 Å². The van der Waals surface area contributed by atoms with E-state index in [1.807, 2.05) is 18.2 Å². The zero-order chi connectivity index (χ0) is 13.4. The molecule has 0 bridgehead atoms. The van der Waals surface area contributed by atoms with Crippen LogP contribution in [-0.2, 0) is 11.2 Å². The highest BCUT2D eigenvalue weighted by Gasteiger charge is 2.04. The van der Waals surface area contributed by atoms with Crippen molar-refractivity contribution in [3.8, 4) is 0 Å². The minimum atomic E-state index is 0.0378. The topological polar surface area (TPSA) is 29.1 Å². The van der Waals surface area contributed by atoms with Gasteiger partial charge in [0.25, 0.3) is 0 Å². The summed E-state index contributed by atoms with van der Waals surface area (Å²) in [5, 5.41) is 3.57. The van der Waals surface area contributed by atoms with Crippen LogP contribution in [0.5, 0.6) is 0 Å². The van der Waals surface area contributed by atoms with E-state index in [1.165, 1.54) is 0 Å². The van der Waals surface area contributed by atoms with Crippen molar-refractivity contribution in [3.05, 3.63) is 34.9 Å². The van der Waals surface area contributed by atoms with Gasteiger partial charge in [-0.3, -0.25) is 4.79 Å². The Morgan fingerprint density at radius 3 is 2.89 bits per heavy atom. The smallest absolute Gasteiger partial charge is 0.224 e. The zero-order valence-electron chi connectivity index (χ0n) is 10.6. The fourth-order valence-electron chi connectivity index (χ4n) is 1.65. The minimum Gasteiger partial charge on any atom is -0.356 e. The van der Waals surface area contributed by atoms with E-state index in [1.54, 1.807) is 6.07 Å². The lowest BCUT2D eigenvalue weighted by Crippen LogP contribution is -2.26. The fraction of sp³-hybridized carbons (Fsp3) is 0.500. The Balaban J connectivity index is 2.22. The quantitative estimate of drug-likeness (QED) is 0.602. The molecule has 1 amide bonds. The first-order chi connectivity index (χ1) is 8.61. The summed E-state index contributed by atoms with van der Waals surface area (Å²) in [5.74, 6) is 1.23. The molecule has 0 saturated carbocycles. The van der Waals surface area contributed by atoms with Crippen molar-refractivity contribution in [2.45, 2.75) is 26.2 Å². The molecule has 0 aliphatic rings. The molecular formula is C14H19Cl2NO. The average Bonchev–Trinajstić information content (AvgIpc) is 2.34. The summed E-state index contributed by atoms with van der Waals surface area (Å²) in [7, 11) is 0. The summed E-state index contributed by atoms with van der Waals surface area (Å²) in [6.45, 7) is 2.82. The zero-order valence-corrected chi connectivity index (χ0v) is 12.1. The Morgan fingerprint density at radius 1 is 1.44 bits per heavy atom. The van der Waals surface area contributed by atoms with Crippen LogP contribution < -0.4 is 5.32 Å².